The first-order chi connectivity index (χ1) is 10.5. The summed E-state index contributed by atoms with van der Waals surface area (Å²) in [6, 6.07) is 2.50. The lowest BCUT2D eigenvalue weighted by atomic mass is 10.1. The highest BCUT2D eigenvalue weighted by molar-refractivity contribution is 7.09. The molecule has 0 amide bonds. The predicted octanol–water partition coefficient (Wildman–Crippen LogP) is 2.86. The van der Waals surface area contributed by atoms with Gasteiger partial charge in [0.2, 0.25) is 5.43 Å². The molecule has 0 saturated carbocycles. The Kier molecular flexibility index (Phi) is 3.42. The van der Waals surface area contributed by atoms with Crippen LogP contribution in [0.5, 0.6) is 11.5 Å². The van der Waals surface area contributed by atoms with E-state index in [1.54, 1.807) is 5.38 Å². The molecule has 3 rings (SSSR count). The molecule has 1 N–H and O–H groups in total. The second kappa shape index (κ2) is 5.27. The molecule has 6 nitrogen and oxygen atoms in total. The Bertz CT molecular complexity index is 941. The fourth-order valence-corrected chi connectivity index (χ4v) is 2.72. The summed E-state index contributed by atoms with van der Waals surface area (Å²) in [4.78, 5) is 28.1. The number of hydrogen-bond donors (Lipinski definition) is 1. The number of rotatable bonds is 2. The number of esters is 1. The Balaban J connectivity index is 2.31. The van der Waals surface area contributed by atoms with E-state index in [9.17, 15) is 14.7 Å². The predicted molar refractivity (Wildman–Crippen MR) is 81.3 cm³/mol. The molecule has 0 saturated heterocycles. The van der Waals surface area contributed by atoms with Gasteiger partial charge in [-0.15, -0.1) is 11.3 Å². The van der Waals surface area contributed by atoms with Gasteiger partial charge in [-0.2, -0.15) is 0 Å². The average Bonchev–Trinajstić information content (AvgIpc) is 2.84. The topological polar surface area (TPSA) is 89.6 Å². The Morgan fingerprint density at radius 1 is 1.41 bits per heavy atom. The number of fused-ring (bicyclic) bond motifs is 1. The first-order valence-corrected chi connectivity index (χ1v) is 7.23. The van der Waals surface area contributed by atoms with Gasteiger partial charge in [0.05, 0.1) is 16.3 Å². The molecule has 7 heteroatoms. The number of phenolic OH excluding ortho intramolecular Hbond substituents is 1. The van der Waals surface area contributed by atoms with Crippen molar-refractivity contribution in [2.75, 3.05) is 0 Å². The summed E-state index contributed by atoms with van der Waals surface area (Å²) in [6.07, 6.45) is 1.29. The van der Waals surface area contributed by atoms with E-state index in [4.69, 9.17) is 9.15 Å². The zero-order valence-electron chi connectivity index (χ0n) is 11.7. The maximum absolute atomic E-state index is 12.7. The van der Waals surface area contributed by atoms with Gasteiger partial charge >= 0.3 is 5.97 Å². The summed E-state index contributed by atoms with van der Waals surface area (Å²) in [7, 11) is 0. The van der Waals surface area contributed by atoms with Crippen LogP contribution in [0.4, 0.5) is 0 Å². The molecule has 0 aliphatic rings. The van der Waals surface area contributed by atoms with Crippen molar-refractivity contribution in [2.45, 2.75) is 13.8 Å². The lowest BCUT2D eigenvalue weighted by Crippen LogP contribution is -2.09. The largest absolute Gasteiger partial charge is 0.508 e. The number of aromatic nitrogens is 1. The molecule has 0 radical (unpaired) electrons. The standard InChI is InChI=1S/C15H11NO5S/c1-7-16-11(6-22-7)10-5-20-12-3-9(18)4-13(21-8(2)17)14(12)15(10)19/h3-6,18H,1-2H3. The van der Waals surface area contributed by atoms with E-state index in [-0.39, 0.29) is 33.5 Å². The normalized spacial score (nSPS) is 10.8. The van der Waals surface area contributed by atoms with E-state index in [1.807, 2.05) is 6.92 Å². The molecular formula is C15H11NO5S. The van der Waals surface area contributed by atoms with Crippen molar-refractivity contribution >= 4 is 28.3 Å². The molecule has 0 aliphatic carbocycles. The van der Waals surface area contributed by atoms with Crippen LogP contribution in [0.15, 0.2) is 33.0 Å². The fourth-order valence-electron chi connectivity index (χ4n) is 2.10. The number of aromatic hydroxyl groups is 1. The molecule has 112 valence electrons. The lowest BCUT2D eigenvalue weighted by Gasteiger charge is -2.07. The zero-order chi connectivity index (χ0) is 15.9. The molecule has 0 atom stereocenters. The van der Waals surface area contributed by atoms with Gasteiger partial charge < -0.3 is 14.3 Å². The summed E-state index contributed by atoms with van der Waals surface area (Å²) in [5.41, 5.74) is 0.538. The zero-order valence-corrected chi connectivity index (χ0v) is 12.6. The van der Waals surface area contributed by atoms with E-state index in [0.717, 1.165) is 5.01 Å². The highest BCUT2D eigenvalue weighted by Crippen LogP contribution is 2.31. The number of ether oxygens (including phenoxy) is 1. The molecule has 2 heterocycles. The number of aryl methyl sites for hydroxylation is 1. The maximum Gasteiger partial charge on any atom is 0.308 e. The molecule has 0 fully saturated rings. The molecule has 3 aromatic rings. The number of carbonyl (C=O) groups excluding carboxylic acids is 1. The number of hydrogen-bond acceptors (Lipinski definition) is 7. The van der Waals surface area contributed by atoms with Gasteiger partial charge in [-0.3, -0.25) is 9.59 Å². The van der Waals surface area contributed by atoms with Crippen LogP contribution < -0.4 is 10.2 Å². The summed E-state index contributed by atoms with van der Waals surface area (Å²) in [6.45, 7) is 3.05. The number of thiazole rings is 1. The average molecular weight is 317 g/mol. The molecule has 0 unspecified atom stereocenters. The minimum Gasteiger partial charge on any atom is -0.508 e. The Labute approximate surface area is 128 Å². The van der Waals surface area contributed by atoms with Gasteiger partial charge in [0.15, 0.2) is 0 Å². The van der Waals surface area contributed by atoms with E-state index in [0.29, 0.717) is 5.69 Å². The van der Waals surface area contributed by atoms with Gasteiger partial charge in [-0.05, 0) is 6.92 Å². The van der Waals surface area contributed by atoms with Crippen LogP contribution in [-0.2, 0) is 4.79 Å². The SMILES string of the molecule is CC(=O)Oc1cc(O)cc2occ(-c3csc(C)n3)c(=O)c12. The third-order valence-corrected chi connectivity index (χ3v) is 3.75. The molecular weight excluding hydrogens is 306 g/mol. The minimum absolute atomic E-state index is 0.0370. The molecule has 0 bridgehead atoms. The van der Waals surface area contributed by atoms with Gasteiger partial charge in [0.1, 0.15) is 28.7 Å². The molecule has 2 aromatic heterocycles. The van der Waals surface area contributed by atoms with Crippen LogP contribution in [-0.4, -0.2) is 16.1 Å². The number of benzene rings is 1. The van der Waals surface area contributed by atoms with Gasteiger partial charge in [0, 0.05) is 24.4 Å². The van der Waals surface area contributed by atoms with Gasteiger partial charge in [-0.25, -0.2) is 4.98 Å². The summed E-state index contributed by atoms with van der Waals surface area (Å²) < 4.78 is 10.4. The van der Waals surface area contributed by atoms with Crippen molar-refractivity contribution in [1.82, 2.24) is 4.98 Å². The van der Waals surface area contributed by atoms with Crippen LogP contribution in [0.3, 0.4) is 0 Å². The summed E-state index contributed by atoms with van der Waals surface area (Å²) in [5, 5.41) is 12.3. The highest BCUT2D eigenvalue weighted by atomic mass is 32.1. The van der Waals surface area contributed by atoms with Crippen molar-refractivity contribution in [3.63, 3.8) is 0 Å². The molecule has 22 heavy (non-hydrogen) atoms. The van der Waals surface area contributed by atoms with Crippen LogP contribution in [0.2, 0.25) is 0 Å². The Morgan fingerprint density at radius 2 is 2.18 bits per heavy atom. The van der Waals surface area contributed by atoms with Crippen LogP contribution >= 0.6 is 11.3 Å². The maximum atomic E-state index is 12.7. The summed E-state index contributed by atoms with van der Waals surface area (Å²) in [5.74, 6) is -0.796. The van der Waals surface area contributed by atoms with Crippen molar-refractivity contribution in [3.05, 3.63) is 39.0 Å². The quantitative estimate of drug-likeness (QED) is 0.577. The fraction of sp³-hybridized carbons (Fsp3) is 0.133. The van der Waals surface area contributed by atoms with Gasteiger partial charge in [0.25, 0.3) is 0 Å². The molecule has 0 aliphatic heterocycles. The third-order valence-electron chi connectivity index (χ3n) is 2.97. The third kappa shape index (κ3) is 2.46. The van der Waals surface area contributed by atoms with E-state index in [2.05, 4.69) is 4.98 Å². The highest BCUT2D eigenvalue weighted by Gasteiger charge is 2.17. The smallest absolute Gasteiger partial charge is 0.308 e. The Morgan fingerprint density at radius 3 is 2.82 bits per heavy atom. The second-order valence-electron chi connectivity index (χ2n) is 4.64. The number of phenols is 1. The monoisotopic (exact) mass is 317 g/mol. The number of nitrogens with zero attached hydrogens (tertiary/aromatic N) is 1. The van der Waals surface area contributed by atoms with E-state index in [1.165, 1.54) is 36.7 Å². The van der Waals surface area contributed by atoms with E-state index >= 15 is 0 Å². The number of carbonyl (C=O) groups is 1. The molecule has 1 aromatic carbocycles. The Hall–Kier alpha value is -2.67. The van der Waals surface area contributed by atoms with Crippen LogP contribution in [0, 0.1) is 6.92 Å². The second-order valence-corrected chi connectivity index (χ2v) is 5.70. The van der Waals surface area contributed by atoms with Crippen LogP contribution in [0.25, 0.3) is 22.2 Å². The van der Waals surface area contributed by atoms with Crippen molar-refractivity contribution < 1.29 is 19.1 Å². The van der Waals surface area contributed by atoms with Crippen molar-refractivity contribution in [1.29, 1.82) is 0 Å². The molecule has 0 spiro atoms. The van der Waals surface area contributed by atoms with Crippen molar-refractivity contribution in [2.24, 2.45) is 0 Å². The summed E-state index contributed by atoms with van der Waals surface area (Å²) >= 11 is 1.41. The minimum atomic E-state index is -0.596. The lowest BCUT2D eigenvalue weighted by molar-refractivity contribution is -0.131. The van der Waals surface area contributed by atoms with Gasteiger partial charge in [-0.1, -0.05) is 0 Å². The first-order valence-electron chi connectivity index (χ1n) is 6.35. The van der Waals surface area contributed by atoms with Crippen LogP contribution in [0.1, 0.15) is 11.9 Å². The van der Waals surface area contributed by atoms with E-state index < -0.39 is 5.97 Å². The first kappa shape index (κ1) is 14.3. The van der Waals surface area contributed by atoms with Crippen molar-refractivity contribution in [3.8, 4) is 22.8 Å².